The molecule has 0 radical (unpaired) electrons. The quantitative estimate of drug-likeness (QED) is 0.803. The number of ether oxygens (including phenoxy) is 1. The summed E-state index contributed by atoms with van der Waals surface area (Å²) in [5.41, 5.74) is 9.91. The Bertz CT molecular complexity index is 289. The Hall–Kier alpha value is -0.860. The zero-order valence-corrected chi connectivity index (χ0v) is 9.92. The van der Waals surface area contributed by atoms with Gasteiger partial charge in [-0.1, -0.05) is 29.3 Å². The van der Waals surface area contributed by atoms with Crippen molar-refractivity contribution in [2.45, 2.75) is 32.7 Å². The van der Waals surface area contributed by atoms with Crippen LogP contribution in [-0.2, 0) is 11.2 Å². The van der Waals surface area contributed by atoms with E-state index in [-0.39, 0.29) is 6.04 Å². The maximum atomic E-state index is 5.88. The van der Waals surface area contributed by atoms with E-state index in [0.29, 0.717) is 6.61 Å². The molecule has 0 bridgehead atoms. The maximum Gasteiger partial charge on any atom is 0.0613 e. The van der Waals surface area contributed by atoms with Crippen LogP contribution in [0.4, 0.5) is 0 Å². The summed E-state index contributed by atoms with van der Waals surface area (Å²) >= 11 is 0. The minimum absolute atomic E-state index is 0.149. The second-order valence-corrected chi connectivity index (χ2v) is 4.25. The van der Waals surface area contributed by atoms with Crippen LogP contribution in [0.15, 0.2) is 18.2 Å². The average Bonchev–Trinajstić information content (AvgIpc) is 2.14. The van der Waals surface area contributed by atoms with Crippen LogP contribution in [0.25, 0.3) is 0 Å². The normalized spacial score (nSPS) is 12.8. The Morgan fingerprint density at radius 1 is 1.20 bits per heavy atom. The molecule has 0 aromatic heterocycles. The van der Waals surface area contributed by atoms with E-state index in [1.54, 1.807) is 7.11 Å². The summed E-state index contributed by atoms with van der Waals surface area (Å²) in [6.07, 6.45) is 2.02. The lowest BCUT2D eigenvalue weighted by Crippen LogP contribution is -2.26. The first-order chi connectivity index (χ1) is 7.11. The lowest BCUT2D eigenvalue weighted by atomic mass is 10.0. The summed E-state index contributed by atoms with van der Waals surface area (Å²) in [5, 5.41) is 0. The van der Waals surface area contributed by atoms with E-state index in [4.69, 9.17) is 10.5 Å². The molecule has 0 amide bonds. The van der Waals surface area contributed by atoms with Gasteiger partial charge < -0.3 is 10.5 Å². The highest BCUT2D eigenvalue weighted by atomic mass is 16.5. The zero-order chi connectivity index (χ0) is 11.3. The van der Waals surface area contributed by atoms with E-state index >= 15 is 0 Å². The first-order valence-electron chi connectivity index (χ1n) is 5.43. The first-order valence-corrected chi connectivity index (χ1v) is 5.43. The zero-order valence-electron chi connectivity index (χ0n) is 9.92. The number of methoxy groups -OCH3 is 1. The van der Waals surface area contributed by atoms with Gasteiger partial charge in [0.05, 0.1) is 6.61 Å². The van der Waals surface area contributed by atoms with Gasteiger partial charge in [-0.3, -0.25) is 0 Å². The van der Waals surface area contributed by atoms with Crippen LogP contribution < -0.4 is 5.73 Å². The molecule has 84 valence electrons. The fourth-order valence-electron chi connectivity index (χ4n) is 1.86. The molecule has 0 fully saturated rings. The molecule has 1 aromatic carbocycles. The molecular formula is C13H21NO. The highest BCUT2D eigenvalue weighted by Gasteiger charge is 2.03. The van der Waals surface area contributed by atoms with Crippen molar-refractivity contribution in [3.8, 4) is 0 Å². The average molecular weight is 207 g/mol. The van der Waals surface area contributed by atoms with Crippen molar-refractivity contribution in [3.63, 3.8) is 0 Å². The number of aryl methyl sites for hydroxylation is 3. The van der Waals surface area contributed by atoms with E-state index in [2.05, 4.69) is 32.0 Å². The number of rotatable bonds is 5. The molecule has 1 rings (SSSR count). The van der Waals surface area contributed by atoms with E-state index in [0.717, 1.165) is 12.8 Å². The standard InChI is InChI=1S/C13H21NO/c1-10-6-11(2)8-12(7-10)4-5-13(14)9-15-3/h6-8,13H,4-5,9,14H2,1-3H3. The fraction of sp³-hybridized carbons (Fsp3) is 0.538. The first kappa shape index (κ1) is 12.2. The molecule has 0 saturated heterocycles. The van der Waals surface area contributed by atoms with Gasteiger partial charge in [-0.25, -0.2) is 0 Å². The van der Waals surface area contributed by atoms with E-state index < -0.39 is 0 Å². The molecule has 1 aromatic rings. The molecule has 0 saturated carbocycles. The van der Waals surface area contributed by atoms with Crippen molar-refractivity contribution in [2.75, 3.05) is 13.7 Å². The highest BCUT2D eigenvalue weighted by molar-refractivity contribution is 5.28. The number of hydrogen-bond acceptors (Lipinski definition) is 2. The van der Waals surface area contributed by atoms with Gasteiger partial charge in [0.25, 0.3) is 0 Å². The topological polar surface area (TPSA) is 35.2 Å². The number of nitrogens with two attached hydrogens (primary N) is 1. The lowest BCUT2D eigenvalue weighted by Gasteiger charge is -2.10. The van der Waals surface area contributed by atoms with Crippen LogP contribution in [0, 0.1) is 13.8 Å². The van der Waals surface area contributed by atoms with Gasteiger partial charge in [-0.2, -0.15) is 0 Å². The predicted octanol–water partition coefficient (Wildman–Crippen LogP) is 2.21. The second kappa shape index (κ2) is 5.89. The fourth-order valence-corrected chi connectivity index (χ4v) is 1.86. The summed E-state index contributed by atoms with van der Waals surface area (Å²) in [6, 6.07) is 6.80. The smallest absolute Gasteiger partial charge is 0.0613 e. The van der Waals surface area contributed by atoms with Gasteiger partial charge in [-0.15, -0.1) is 0 Å². The van der Waals surface area contributed by atoms with E-state index in [1.807, 2.05) is 0 Å². The molecule has 2 heteroatoms. The van der Waals surface area contributed by atoms with E-state index in [9.17, 15) is 0 Å². The maximum absolute atomic E-state index is 5.88. The van der Waals surface area contributed by atoms with Crippen molar-refractivity contribution >= 4 is 0 Å². The summed E-state index contributed by atoms with van der Waals surface area (Å²) in [4.78, 5) is 0. The van der Waals surface area contributed by atoms with Gasteiger partial charge in [0.15, 0.2) is 0 Å². The third-order valence-corrected chi connectivity index (χ3v) is 2.47. The van der Waals surface area contributed by atoms with Crippen molar-refractivity contribution in [2.24, 2.45) is 5.73 Å². The van der Waals surface area contributed by atoms with Gasteiger partial charge in [0, 0.05) is 13.2 Å². The lowest BCUT2D eigenvalue weighted by molar-refractivity contribution is 0.177. The van der Waals surface area contributed by atoms with Gasteiger partial charge in [0.2, 0.25) is 0 Å². The van der Waals surface area contributed by atoms with Crippen molar-refractivity contribution in [1.29, 1.82) is 0 Å². The van der Waals surface area contributed by atoms with Gasteiger partial charge >= 0.3 is 0 Å². The molecule has 1 atom stereocenters. The summed E-state index contributed by atoms with van der Waals surface area (Å²) in [6.45, 7) is 4.90. The van der Waals surface area contributed by atoms with Crippen LogP contribution >= 0.6 is 0 Å². The molecule has 2 N–H and O–H groups in total. The largest absolute Gasteiger partial charge is 0.383 e. The van der Waals surface area contributed by atoms with Crippen LogP contribution in [0.3, 0.4) is 0 Å². The summed E-state index contributed by atoms with van der Waals surface area (Å²) in [7, 11) is 1.69. The van der Waals surface area contributed by atoms with Gasteiger partial charge in [0.1, 0.15) is 0 Å². The molecule has 0 aliphatic heterocycles. The highest BCUT2D eigenvalue weighted by Crippen LogP contribution is 2.11. The van der Waals surface area contributed by atoms with Gasteiger partial charge in [-0.05, 0) is 32.3 Å². The molecular weight excluding hydrogens is 186 g/mol. The van der Waals surface area contributed by atoms with Crippen molar-refractivity contribution in [1.82, 2.24) is 0 Å². The predicted molar refractivity (Wildman–Crippen MR) is 64.1 cm³/mol. The van der Waals surface area contributed by atoms with Crippen molar-refractivity contribution < 1.29 is 4.74 Å². The van der Waals surface area contributed by atoms with Crippen molar-refractivity contribution in [3.05, 3.63) is 34.9 Å². The van der Waals surface area contributed by atoms with Crippen LogP contribution in [-0.4, -0.2) is 19.8 Å². The second-order valence-electron chi connectivity index (χ2n) is 4.25. The Labute approximate surface area is 92.4 Å². The SMILES string of the molecule is COCC(N)CCc1cc(C)cc(C)c1. The summed E-state index contributed by atoms with van der Waals surface area (Å²) < 4.78 is 5.01. The molecule has 0 aliphatic rings. The molecule has 1 unspecified atom stereocenters. The third kappa shape index (κ3) is 4.45. The Kier molecular flexibility index (Phi) is 4.79. The van der Waals surface area contributed by atoms with Crippen LogP contribution in [0.5, 0.6) is 0 Å². The molecule has 15 heavy (non-hydrogen) atoms. The van der Waals surface area contributed by atoms with Crippen LogP contribution in [0.2, 0.25) is 0 Å². The Balaban J connectivity index is 2.50. The summed E-state index contributed by atoms with van der Waals surface area (Å²) in [5.74, 6) is 0. The third-order valence-electron chi connectivity index (χ3n) is 2.47. The minimum Gasteiger partial charge on any atom is -0.383 e. The number of hydrogen-bond donors (Lipinski definition) is 1. The minimum atomic E-state index is 0.149. The van der Waals surface area contributed by atoms with Crippen LogP contribution in [0.1, 0.15) is 23.1 Å². The monoisotopic (exact) mass is 207 g/mol. The molecule has 0 aliphatic carbocycles. The Morgan fingerprint density at radius 3 is 2.33 bits per heavy atom. The number of benzene rings is 1. The molecule has 0 spiro atoms. The molecule has 0 heterocycles. The van der Waals surface area contributed by atoms with E-state index in [1.165, 1.54) is 16.7 Å². The Morgan fingerprint density at radius 2 is 1.80 bits per heavy atom. The molecule has 2 nitrogen and oxygen atoms in total.